The van der Waals surface area contributed by atoms with Crippen LogP contribution >= 0.6 is 0 Å². The third-order valence-electron chi connectivity index (χ3n) is 6.34. The predicted octanol–water partition coefficient (Wildman–Crippen LogP) is 1.89. The molecule has 2 amide bonds. The van der Waals surface area contributed by atoms with Gasteiger partial charge in [-0.1, -0.05) is 6.07 Å². The number of nitrogens with two attached hydrogens (primary N) is 1. The van der Waals surface area contributed by atoms with Crippen LogP contribution < -0.4 is 15.5 Å². The van der Waals surface area contributed by atoms with Crippen molar-refractivity contribution < 1.29 is 14.3 Å². The second kappa shape index (κ2) is 9.83. The van der Waals surface area contributed by atoms with Crippen LogP contribution in [0, 0.1) is 5.92 Å². The van der Waals surface area contributed by atoms with Crippen LogP contribution in [0.25, 0.3) is 5.57 Å². The summed E-state index contributed by atoms with van der Waals surface area (Å²) in [6.07, 6.45) is 5.22. The number of benzene rings is 1. The normalized spacial score (nSPS) is 22.3. The first kappa shape index (κ1) is 22.5. The van der Waals surface area contributed by atoms with Gasteiger partial charge in [-0.3, -0.25) is 19.5 Å². The summed E-state index contributed by atoms with van der Waals surface area (Å²) in [7, 11) is 0. The Balaban J connectivity index is 1.55. The Hall–Kier alpha value is -2.71. The number of allylic oxidation sites excluding steroid dienone is 1. The summed E-state index contributed by atoms with van der Waals surface area (Å²) in [6, 6.07) is 5.75. The molecule has 1 atom stereocenters. The van der Waals surface area contributed by atoms with Crippen molar-refractivity contribution in [1.29, 1.82) is 0 Å². The highest BCUT2D eigenvalue weighted by molar-refractivity contribution is 6.11. The molecule has 2 N–H and O–H groups in total. The smallest absolute Gasteiger partial charge is 0.230 e. The van der Waals surface area contributed by atoms with Crippen LogP contribution in [0.3, 0.4) is 0 Å². The van der Waals surface area contributed by atoms with Gasteiger partial charge in [-0.25, -0.2) is 0 Å². The summed E-state index contributed by atoms with van der Waals surface area (Å²) in [5, 5.41) is 0. The minimum absolute atomic E-state index is 0.0238. The number of rotatable bonds is 6. The second-order valence-electron chi connectivity index (χ2n) is 8.78. The molecule has 1 aromatic rings. The van der Waals surface area contributed by atoms with E-state index in [-0.39, 0.29) is 23.8 Å². The molecule has 172 valence electrons. The summed E-state index contributed by atoms with van der Waals surface area (Å²) in [5.41, 5.74) is 9.15. The van der Waals surface area contributed by atoms with Gasteiger partial charge in [0.1, 0.15) is 0 Å². The Morgan fingerprint density at radius 2 is 1.97 bits per heavy atom. The minimum atomic E-state index is -0.0696. The number of ether oxygens (including phenoxy) is 1. The van der Waals surface area contributed by atoms with Crippen LogP contribution in [-0.4, -0.2) is 74.9 Å². The Labute approximate surface area is 189 Å². The summed E-state index contributed by atoms with van der Waals surface area (Å²) < 4.78 is 5.38. The van der Waals surface area contributed by atoms with Crippen molar-refractivity contribution in [2.24, 2.45) is 16.6 Å². The number of nitrogens with zero attached hydrogens (tertiary/aromatic N) is 4. The molecule has 0 aromatic heterocycles. The molecule has 0 radical (unpaired) electrons. The fraction of sp³-hybridized carbons (Fsp3) is 0.542. The van der Waals surface area contributed by atoms with Crippen LogP contribution in [0.2, 0.25) is 0 Å². The average Bonchev–Trinajstić information content (AvgIpc) is 3.64. The first-order valence-electron chi connectivity index (χ1n) is 11.5. The van der Waals surface area contributed by atoms with Gasteiger partial charge in [-0.2, -0.15) is 0 Å². The fourth-order valence-electron chi connectivity index (χ4n) is 4.44. The van der Waals surface area contributed by atoms with Crippen molar-refractivity contribution >= 4 is 35.0 Å². The van der Waals surface area contributed by atoms with Crippen molar-refractivity contribution in [3.05, 3.63) is 30.0 Å². The van der Waals surface area contributed by atoms with Crippen molar-refractivity contribution in [1.82, 2.24) is 4.90 Å². The summed E-state index contributed by atoms with van der Waals surface area (Å²) >= 11 is 0. The van der Waals surface area contributed by atoms with Crippen LogP contribution in [-0.2, 0) is 14.3 Å². The molecule has 2 aliphatic heterocycles. The van der Waals surface area contributed by atoms with Crippen LogP contribution in [0.5, 0.6) is 0 Å². The molecule has 32 heavy (non-hydrogen) atoms. The van der Waals surface area contributed by atoms with Crippen LogP contribution in [0.15, 0.2) is 29.4 Å². The molecule has 3 aliphatic rings. The highest BCUT2D eigenvalue weighted by Crippen LogP contribution is 2.41. The predicted molar refractivity (Wildman–Crippen MR) is 127 cm³/mol. The molecule has 0 bridgehead atoms. The first-order valence-corrected chi connectivity index (χ1v) is 11.5. The van der Waals surface area contributed by atoms with Crippen molar-refractivity contribution in [2.75, 3.05) is 55.7 Å². The fourth-order valence-corrected chi connectivity index (χ4v) is 4.44. The molecule has 1 aromatic carbocycles. The van der Waals surface area contributed by atoms with Gasteiger partial charge in [-0.15, -0.1) is 0 Å². The molecule has 2 fully saturated rings. The van der Waals surface area contributed by atoms with Crippen molar-refractivity contribution in [3.63, 3.8) is 0 Å². The van der Waals surface area contributed by atoms with Crippen LogP contribution in [0.1, 0.15) is 32.3 Å². The van der Waals surface area contributed by atoms with Crippen molar-refractivity contribution in [2.45, 2.75) is 32.7 Å². The van der Waals surface area contributed by atoms with E-state index in [0.717, 1.165) is 68.2 Å². The molecule has 0 spiro atoms. The topological polar surface area (TPSA) is 91.5 Å². The molecular weight excluding hydrogens is 406 g/mol. The Morgan fingerprint density at radius 1 is 1.22 bits per heavy atom. The van der Waals surface area contributed by atoms with Gasteiger partial charge in [-0.05, 0) is 37.5 Å². The van der Waals surface area contributed by atoms with E-state index in [2.05, 4.69) is 9.89 Å². The second-order valence-corrected chi connectivity index (χ2v) is 8.78. The third kappa shape index (κ3) is 4.86. The molecule has 1 saturated carbocycles. The number of hydrogen-bond donors (Lipinski definition) is 1. The number of anilines is 2. The van der Waals surface area contributed by atoms with E-state index in [1.807, 2.05) is 30.0 Å². The van der Waals surface area contributed by atoms with Crippen LogP contribution in [0.4, 0.5) is 11.4 Å². The molecule has 8 heteroatoms. The van der Waals surface area contributed by atoms with Gasteiger partial charge < -0.3 is 20.3 Å². The Morgan fingerprint density at radius 3 is 2.62 bits per heavy atom. The lowest BCUT2D eigenvalue weighted by atomic mass is 10.0. The summed E-state index contributed by atoms with van der Waals surface area (Å²) in [6.45, 7) is 9.06. The summed E-state index contributed by atoms with van der Waals surface area (Å²) in [5.74, 6) is 0.231. The number of aliphatic imine (C=N–C) groups is 1. The number of carbonyl (C=O) groups excluding carboxylic acids is 2. The van der Waals surface area contributed by atoms with Gasteiger partial charge in [0.05, 0.1) is 37.2 Å². The first-order chi connectivity index (χ1) is 15.5. The number of fused-ring (bicyclic) bond motifs is 1. The zero-order chi connectivity index (χ0) is 22.7. The SMILES string of the molecule is CC(=O)N1c2ccc(/C(C=NCCN3CCOCC3)=C/N)cc2N(C(=O)C2CC2)C[C@@H]1C. The Bertz CT molecular complexity index is 918. The molecular formula is C24H33N5O3. The Kier molecular flexibility index (Phi) is 6.91. The minimum Gasteiger partial charge on any atom is -0.404 e. The number of carbonyl (C=O) groups is 2. The molecule has 8 nitrogen and oxygen atoms in total. The van der Waals surface area contributed by atoms with E-state index in [9.17, 15) is 9.59 Å². The zero-order valence-corrected chi connectivity index (χ0v) is 19.0. The van der Waals surface area contributed by atoms with E-state index in [0.29, 0.717) is 13.1 Å². The van der Waals surface area contributed by atoms with Gasteiger partial charge in [0.2, 0.25) is 11.8 Å². The van der Waals surface area contributed by atoms with E-state index >= 15 is 0 Å². The maximum Gasteiger partial charge on any atom is 0.230 e. The quantitative estimate of drug-likeness (QED) is 0.684. The molecule has 2 heterocycles. The standard InChI is InChI=1S/C24H33N5O3/c1-17-16-28(24(31)19-3-4-19)23-13-20(5-6-22(23)29(17)18(2)30)21(14-25)15-26-7-8-27-9-11-32-12-10-27/h5-6,13-15,17,19H,3-4,7-12,16,25H2,1-2H3/b21-14+,26-15?/t17-/m0/s1. The maximum absolute atomic E-state index is 13.0. The lowest BCUT2D eigenvalue weighted by Crippen LogP contribution is -2.51. The van der Waals surface area contributed by atoms with Gasteiger partial charge >= 0.3 is 0 Å². The van der Waals surface area contributed by atoms with Crippen molar-refractivity contribution in [3.8, 4) is 0 Å². The largest absolute Gasteiger partial charge is 0.404 e. The van der Waals surface area contributed by atoms with E-state index < -0.39 is 0 Å². The number of hydrogen-bond acceptors (Lipinski definition) is 6. The molecule has 0 unspecified atom stereocenters. The van der Waals surface area contributed by atoms with E-state index in [1.54, 1.807) is 24.2 Å². The number of amides is 2. The average molecular weight is 440 g/mol. The molecule has 4 rings (SSSR count). The third-order valence-corrected chi connectivity index (χ3v) is 6.34. The lowest BCUT2D eigenvalue weighted by molar-refractivity contribution is -0.120. The molecule has 1 saturated heterocycles. The van der Waals surface area contributed by atoms with Gasteiger partial charge in [0, 0.05) is 57.0 Å². The molecule has 1 aliphatic carbocycles. The highest BCUT2D eigenvalue weighted by Gasteiger charge is 2.39. The van der Waals surface area contributed by atoms with E-state index in [1.165, 1.54) is 0 Å². The maximum atomic E-state index is 13.0. The monoisotopic (exact) mass is 439 g/mol. The zero-order valence-electron chi connectivity index (χ0n) is 19.0. The lowest BCUT2D eigenvalue weighted by Gasteiger charge is -2.41. The van der Waals surface area contributed by atoms with Gasteiger partial charge in [0.15, 0.2) is 0 Å². The summed E-state index contributed by atoms with van der Waals surface area (Å²) in [4.78, 5) is 35.9. The van der Waals surface area contributed by atoms with E-state index in [4.69, 9.17) is 10.5 Å². The van der Waals surface area contributed by atoms with Gasteiger partial charge in [0.25, 0.3) is 0 Å². The highest BCUT2D eigenvalue weighted by atomic mass is 16.5. The number of morpholine rings is 1.